The smallest absolute Gasteiger partial charge is 0.293 e. The molecule has 9 heteroatoms. The molecule has 0 fully saturated rings. The molecule has 142 valence electrons. The number of nitrogens with two attached hydrogens (primary N) is 1. The minimum atomic E-state index is -0.743. The van der Waals surface area contributed by atoms with Crippen molar-refractivity contribution >= 4 is 23.8 Å². The molecule has 2 aromatic carbocycles. The summed E-state index contributed by atoms with van der Waals surface area (Å²) < 4.78 is 0. The van der Waals surface area contributed by atoms with E-state index in [-0.39, 0.29) is 5.82 Å². The van der Waals surface area contributed by atoms with Crippen molar-refractivity contribution in [3.05, 3.63) is 80.5 Å². The fourth-order valence-electron chi connectivity index (χ4n) is 2.90. The normalized spacial score (nSPS) is 10.4. The molecule has 0 bridgehead atoms. The summed E-state index contributed by atoms with van der Waals surface area (Å²) in [5, 5.41) is 0. The lowest BCUT2D eigenvalue weighted by atomic mass is 9.95. The summed E-state index contributed by atoms with van der Waals surface area (Å²) in [5.74, 6) is 4.80. The first kappa shape index (κ1) is 18.8. The number of nitrogens with zero attached hydrogens (tertiary/aromatic N) is 1. The number of hydrazine groups is 1. The quantitative estimate of drug-likeness (QED) is 0.226. The Kier molecular flexibility index (Phi) is 5.18. The predicted molar refractivity (Wildman–Crippen MR) is 104 cm³/mol. The van der Waals surface area contributed by atoms with Crippen molar-refractivity contribution in [2.45, 2.75) is 6.92 Å². The van der Waals surface area contributed by atoms with Gasteiger partial charge in [-0.2, -0.15) is 0 Å². The summed E-state index contributed by atoms with van der Waals surface area (Å²) in [6, 6.07) is 13.1. The summed E-state index contributed by atoms with van der Waals surface area (Å²) in [4.78, 5) is 52.6. The minimum Gasteiger partial charge on any atom is -0.293 e. The van der Waals surface area contributed by atoms with Gasteiger partial charge in [-0.05, 0) is 41.8 Å². The van der Waals surface area contributed by atoms with Crippen LogP contribution < -0.4 is 27.4 Å². The molecule has 0 saturated heterocycles. The molecule has 3 aromatic rings. The van der Waals surface area contributed by atoms with E-state index in [1.165, 1.54) is 12.1 Å². The fourth-order valence-corrected chi connectivity index (χ4v) is 2.90. The number of amides is 2. The highest BCUT2D eigenvalue weighted by molar-refractivity contribution is 6.02. The fraction of sp³-hybridized carbons (Fsp3) is 0.0526. The molecule has 0 atom stereocenters. The van der Waals surface area contributed by atoms with E-state index >= 15 is 0 Å². The van der Waals surface area contributed by atoms with Gasteiger partial charge in [0.1, 0.15) is 5.82 Å². The van der Waals surface area contributed by atoms with E-state index in [4.69, 9.17) is 5.84 Å². The van der Waals surface area contributed by atoms with Gasteiger partial charge >= 0.3 is 5.69 Å². The van der Waals surface area contributed by atoms with Crippen molar-refractivity contribution in [3.8, 4) is 11.1 Å². The third-order valence-corrected chi connectivity index (χ3v) is 4.20. The highest BCUT2D eigenvalue weighted by atomic mass is 16.2. The molecular weight excluding hydrogens is 362 g/mol. The molecule has 2 amide bonds. The maximum absolute atomic E-state index is 12.2. The van der Waals surface area contributed by atoms with E-state index in [1.54, 1.807) is 6.07 Å². The van der Waals surface area contributed by atoms with E-state index in [0.717, 1.165) is 22.1 Å². The number of benzene rings is 2. The van der Waals surface area contributed by atoms with Gasteiger partial charge in [-0.15, -0.1) is 0 Å². The van der Waals surface area contributed by atoms with Crippen molar-refractivity contribution in [2.24, 2.45) is 5.84 Å². The highest BCUT2D eigenvalue weighted by Crippen LogP contribution is 2.32. The first-order valence-electron chi connectivity index (χ1n) is 8.23. The van der Waals surface area contributed by atoms with E-state index in [0.29, 0.717) is 23.2 Å². The second-order valence-electron chi connectivity index (χ2n) is 5.97. The Morgan fingerprint density at radius 2 is 1.82 bits per heavy atom. The zero-order valence-corrected chi connectivity index (χ0v) is 14.9. The van der Waals surface area contributed by atoms with Crippen LogP contribution in [0.1, 0.15) is 15.9 Å². The van der Waals surface area contributed by atoms with Crippen LogP contribution in [-0.4, -0.2) is 22.3 Å². The molecule has 28 heavy (non-hydrogen) atoms. The Hall–Kier alpha value is -3.98. The van der Waals surface area contributed by atoms with Gasteiger partial charge in [-0.25, -0.2) is 10.6 Å². The molecule has 1 heterocycles. The lowest BCUT2D eigenvalue weighted by Gasteiger charge is -2.19. The van der Waals surface area contributed by atoms with Crippen LogP contribution in [0.5, 0.6) is 0 Å². The van der Waals surface area contributed by atoms with Crippen LogP contribution in [0.3, 0.4) is 0 Å². The first-order valence-corrected chi connectivity index (χ1v) is 8.23. The molecule has 3 rings (SSSR count). The second-order valence-corrected chi connectivity index (χ2v) is 5.97. The number of aromatic amines is 2. The molecule has 0 saturated carbocycles. The van der Waals surface area contributed by atoms with Gasteiger partial charge in [0, 0.05) is 11.6 Å². The molecule has 9 nitrogen and oxygen atoms in total. The number of hydrogen-bond donors (Lipinski definition) is 4. The molecule has 0 spiro atoms. The largest absolute Gasteiger partial charge is 0.327 e. The van der Waals surface area contributed by atoms with Gasteiger partial charge in [0.05, 0.1) is 5.69 Å². The van der Waals surface area contributed by atoms with Crippen LogP contribution in [0, 0.1) is 6.92 Å². The number of aromatic nitrogens is 2. The van der Waals surface area contributed by atoms with Crippen LogP contribution in [-0.2, 0) is 4.79 Å². The Morgan fingerprint density at radius 3 is 2.46 bits per heavy atom. The maximum atomic E-state index is 12.2. The summed E-state index contributed by atoms with van der Waals surface area (Å²) >= 11 is 0. The Labute approximate surface area is 158 Å². The molecule has 0 aliphatic rings. The number of anilines is 2. The van der Waals surface area contributed by atoms with Crippen LogP contribution in [0.25, 0.3) is 11.1 Å². The second kappa shape index (κ2) is 7.72. The van der Waals surface area contributed by atoms with Gasteiger partial charge < -0.3 is 0 Å². The average Bonchev–Trinajstić information content (AvgIpc) is 2.67. The number of carbonyl (C=O) groups is 2. The average molecular weight is 379 g/mol. The van der Waals surface area contributed by atoms with Crippen LogP contribution >= 0.6 is 0 Å². The molecular formula is C19H17N5O4. The monoisotopic (exact) mass is 379 g/mol. The van der Waals surface area contributed by atoms with Crippen molar-refractivity contribution in [2.75, 3.05) is 4.90 Å². The van der Waals surface area contributed by atoms with Crippen molar-refractivity contribution in [1.29, 1.82) is 0 Å². The summed E-state index contributed by atoms with van der Waals surface area (Å²) in [6.45, 7) is 1.89. The van der Waals surface area contributed by atoms with Crippen LogP contribution in [0.4, 0.5) is 11.5 Å². The van der Waals surface area contributed by atoms with Crippen molar-refractivity contribution in [1.82, 2.24) is 15.4 Å². The van der Waals surface area contributed by atoms with Gasteiger partial charge in [0.15, 0.2) is 0 Å². The Bertz CT molecular complexity index is 1140. The summed E-state index contributed by atoms with van der Waals surface area (Å²) in [6.07, 6.45) is 0.463. The molecule has 1 aromatic heterocycles. The number of H-pyrrole nitrogens is 2. The van der Waals surface area contributed by atoms with Gasteiger partial charge in [-0.3, -0.25) is 34.7 Å². The van der Waals surface area contributed by atoms with Crippen molar-refractivity contribution < 1.29 is 9.59 Å². The topological polar surface area (TPSA) is 141 Å². The molecule has 0 aliphatic heterocycles. The standard InChI is InChI=1S/C19H17N5O4/c1-11-4-2-3-5-13(11)15-8-12(6-7-14(15)18(27)23-20)24(10-25)16-9-17(26)22-19(28)21-16/h2-10H,20H2,1H3,(H,23,27)(H2,21,22,26,28). The van der Waals surface area contributed by atoms with Gasteiger partial charge in [-0.1, -0.05) is 24.3 Å². The third-order valence-electron chi connectivity index (χ3n) is 4.20. The summed E-state index contributed by atoms with van der Waals surface area (Å²) in [5.41, 5.74) is 3.60. The van der Waals surface area contributed by atoms with E-state index in [1.807, 2.05) is 36.2 Å². The number of nitrogen functional groups attached to an aromatic ring is 1. The number of hydrogen-bond acceptors (Lipinski definition) is 5. The SMILES string of the molecule is Cc1ccccc1-c1cc(N(C=O)c2cc(=O)[nH]c(=O)[nH]2)ccc1C(=O)NN. The van der Waals surface area contributed by atoms with Gasteiger partial charge in [0.25, 0.3) is 11.5 Å². The number of aryl methyl sites for hydroxylation is 1. The van der Waals surface area contributed by atoms with E-state index < -0.39 is 17.2 Å². The number of nitrogens with one attached hydrogen (secondary N) is 3. The lowest BCUT2D eigenvalue weighted by molar-refractivity contribution is -0.106. The van der Waals surface area contributed by atoms with E-state index in [2.05, 4.69) is 10.4 Å². The maximum Gasteiger partial charge on any atom is 0.327 e. The zero-order chi connectivity index (χ0) is 20.3. The van der Waals surface area contributed by atoms with Crippen LogP contribution in [0.15, 0.2) is 58.1 Å². The Balaban J connectivity index is 2.22. The third kappa shape index (κ3) is 3.60. The molecule has 0 radical (unpaired) electrons. The highest BCUT2D eigenvalue weighted by Gasteiger charge is 2.18. The number of rotatable bonds is 5. The zero-order valence-electron chi connectivity index (χ0n) is 14.9. The minimum absolute atomic E-state index is 0.00416. The van der Waals surface area contributed by atoms with Crippen LogP contribution in [0.2, 0.25) is 0 Å². The van der Waals surface area contributed by atoms with E-state index in [9.17, 15) is 19.2 Å². The summed E-state index contributed by atoms with van der Waals surface area (Å²) in [7, 11) is 0. The lowest BCUT2D eigenvalue weighted by Crippen LogP contribution is -2.30. The molecule has 0 unspecified atom stereocenters. The van der Waals surface area contributed by atoms with Gasteiger partial charge in [0.2, 0.25) is 6.41 Å². The Morgan fingerprint density at radius 1 is 1.07 bits per heavy atom. The predicted octanol–water partition coefficient (Wildman–Crippen LogP) is 0.937. The van der Waals surface area contributed by atoms with Crippen molar-refractivity contribution in [3.63, 3.8) is 0 Å². The molecule has 0 aliphatic carbocycles. The number of carbonyl (C=O) groups excluding carboxylic acids is 2. The first-order chi connectivity index (χ1) is 13.4. The molecule has 5 N–H and O–H groups in total.